The van der Waals surface area contributed by atoms with Crippen LogP contribution in [0.5, 0.6) is 5.88 Å². The lowest BCUT2D eigenvalue weighted by molar-refractivity contribution is -0.384. The van der Waals surface area contributed by atoms with Gasteiger partial charge in [0.1, 0.15) is 6.10 Å². The van der Waals surface area contributed by atoms with Gasteiger partial charge in [-0.2, -0.15) is 0 Å². The molecule has 1 aliphatic heterocycles. The predicted molar refractivity (Wildman–Crippen MR) is 87.4 cm³/mol. The zero-order valence-corrected chi connectivity index (χ0v) is 13.6. The molecule has 0 atom stereocenters. The summed E-state index contributed by atoms with van der Waals surface area (Å²) < 4.78 is 5.69. The second kappa shape index (κ2) is 6.45. The number of aromatic nitrogens is 1. The van der Waals surface area contributed by atoms with Crippen LogP contribution in [0.25, 0.3) is 0 Å². The van der Waals surface area contributed by atoms with E-state index >= 15 is 0 Å². The first kappa shape index (κ1) is 16.2. The van der Waals surface area contributed by atoms with E-state index in [0.717, 1.165) is 5.69 Å². The highest BCUT2D eigenvalue weighted by atomic mass is 35.5. The van der Waals surface area contributed by atoms with Crippen LogP contribution in [0.15, 0.2) is 36.4 Å². The monoisotopic (exact) mass is 347 g/mol. The highest BCUT2D eigenvalue weighted by Gasteiger charge is 2.34. The zero-order valence-electron chi connectivity index (χ0n) is 12.8. The summed E-state index contributed by atoms with van der Waals surface area (Å²) >= 11 is 5.99. The van der Waals surface area contributed by atoms with Crippen molar-refractivity contribution in [1.82, 2.24) is 9.88 Å². The van der Waals surface area contributed by atoms with E-state index in [2.05, 4.69) is 4.98 Å². The third-order valence-electron chi connectivity index (χ3n) is 3.68. The van der Waals surface area contributed by atoms with Gasteiger partial charge in [0.15, 0.2) is 0 Å². The first-order valence-corrected chi connectivity index (χ1v) is 7.65. The number of nitrogens with zero attached hydrogens (tertiary/aromatic N) is 3. The van der Waals surface area contributed by atoms with E-state index in [4.69, 9.17) is 16.3 Å². The molecule has 124 valence electrons. The van der Waals surface area contributed by atoms with Crippen LogP contribution in [0, 0.1) is 17.0 Å². The Morgan fingerprint density at radius 3 is 2.79 bits per heavy atom. The van der Waals surface area contributed by atoms with E-state index in [0.29, 0.717) is 19.0 Å². The Labute approximate surface area is 143 Å². The van der Waals surface area contributed by atoms with Gasteiger partial charge in [0, 0.05) is 23.9 Å². The molecule has 0 bridgehead atoms. The van der Waals surface area contributed by atoms with Crippen molar-refractivity contribution >= 4 is 23.2 Å². The number of nitro groups is 1. The number of hydrogen-bond acceptors (Lipinski definition) is 5. The van der Waals surface area contributed by atoms with Crippen LogP contribution in [0.1, 0.15) is 16.1 Å². The van der Waals surface area contributed by atoms with Crippen LogP contribution in [0.3, 0.4) is 0 Å². The Bertz CT molecular complexity index is 806. The van der Waals surface area contributed by atoms with Crippen molar-refractivity contribution in [1.29, 1.82) is 0 Å². The molecule has 0 saturated carbocycles. The maximum atomic E-state index is 12.4. The molecule has 1 saturated heterocycles. The average molecular weight is 348 g/mol. The first-order valence-electron chi connectivity index (χ1n) is 7.27. The number of pyridine rings is 1. The van der Waals surface area contributed by atoms with Crippen molar-refractivity contribution in [3.63, 3.8) is 0 Å². The largest absolute Gasteiger partial charge is 0.471 e. The van der Waals surface area contributed by atoms with Gasteiger partial charge in [-0.25, -0.2) is 4.98 Å². The molecule has 3 rings (SSSR count). The molecule has 1 aromatic carbocycles. The molecule has 1 aromatic heterocycles. The number of hydrogen-bond donors (Lipinski definition) is 0. The fourth-order valence-corrected chi connectivity index (χ4v) is 2.59. The summed E-state index contributed by atoms with van der Waals surface area (Å²) in [5, 5.41) is 11.0. The number of amides is 1. The Morgan fingerprint density at radius 1 is 1.38 bits per heavy atom. The predicted octanol–water partition coefficient (Wildman–Crippen LogP) is 2.86. The summed E-state index contributed by atoms with van der Waals surface area (Å²) in [7, 11) is 0. The van der Waals surface area contributed by atoms with Crippen LogP contribution in [-0.4, -0.2) is 39.9 Å². The summed E-state index contributed by atoms with van der Waals surface area (Å²) in [5.74, 6) is 0.168. The lowest BCUT2D eigenvalue weighted by atomic mass is 10.1. The Hall–Kier alpha value is -2.67. The van der Waals surface area contributed by atoms with Crippen molar-refractivity contribution in [3.05, 3.63) is 62.8 Å². The van der Waals surface area contributed by atoms with Crippen LogP contribution in [-0.2, 0) is 0 Å². The number of nitro benzene ring substituents is 1. The maximum Gasteiger partial charge on any atom is 0.270 e. The van der Waals surface area contributed by atoms with Crippen molar-refractivity contribution in [2.24, 2.45) is 0 Å². The fraction of sp³-hybridized carbons (Fsp3) is 0.250. The first-order chi connectivity index (χ1) is 11.4. The number of carbonyl (C=O) groups is 1. The average Bonchev–Trinajstić information content (AvgIpc) is 2.50. The highest BCUT2D eigenvalue weighted by molar-refractivity contribution is 6.34. The molecule has 0 radical (unpaired) electrons. The number of carbonyl (C=O) groups excluding carboxylic acids is 1. The standard InChI is InChI=1S/C16H14ClN3O4/c1-10-3-2-4-15(18-10)24-12-8-19(9-12)16(21)13-7-11(20(22)23)5-6-14(13)17/h2-7,12H,8-9H2,1H3. The molecule has 0 spiro atoms. The number of benzene rings is 1. The fourth-order valence-electron chi connectivity index (χ4n) is 2.39. The SMILES string of the molecule is Cc1cccc(OC2CN(C(=O)c3cc([N+](=O)[O-])ccc3Cl)C2)n1. The van der Waals surface area contributed by atoms with Gasteiger partial charge >= 0.3 is 0 Å². The third kappa shape index (κ3) is 3.30. The van der Waals surface area contributed by atoms with Crippen LogP contribution in [0.2, 0.25) is 5.02 Å². The van der Waals surface area contributed by atoms with Crippen molar-refractivity contribution in [2.45, 2.75) is 13.0 Å². The minimum atomic E-state index is -0.557. The topological polar surface area (TPSA) is 85.6 Å². The zero-order chi connectivity index (χ0) is 17.3. The van der Waals surface area contributed by atoms with Crippen LogP contribution >= 0.6 is 11.6 Å². The number of rotatable bonds is 4. The van der Waals surface area contributed by atoms with Crippen LogP contribution in [0.4, 0.5) is 5.69 Å². The summed E-state index contributed by atoms with van der Waals surface area (Å²) in [5.41, 5.74) is 0.807. The Balaban J connectivity index is 1.64. The molecule has 0 unspecified atom stereocenters. The van der Waals surface area contributed by atoms with E-state index in [-0.39, 0.29) is 28.3 Å². The molecular weight excluding hydrogens is 334 g/mol. The summed E-state index contributed by atoms with van der Waals surface area (Å²) in [6.07, 6.45) is -0.152. The number of ether oxygens (including phenoxy) is 1. The van der Waals surface area contributed by atoms with Gasteiger partial charge < -0.3 is 9.64 Å². The lowest BCUT2D eigenvalue weighted by Gasteiger charge is -2.38. The molecule has 0 aliphatic carbocycles. The van der Waals surface area contributed by atoms with Crippen molar-refractivity contribution in [3.8, 4) is 5.88 Å². The number of halogens is 1. The molecule has 2 aromatic rings. The van der Waals surface area contributed by atoms with E-state index in [1.165, 1.54) is 23.1 Å². The molecule has 1 amide bonds. The van der Waals surface area contributed by atoms with Crippen LogP contribution < -0.4 is 4.74 Å². The molecule has 8 heteroatoms. The quantitative estimate of drug-likeness (QED) is 0.627. The molecule has 1 aliphatic rings. The van der Waals surface area contributed by atoms with Gasteiger partial charge in [-0.05, 0) is 19.1 Å². The van der Waals surface area contributed by atoms with Gasteiger partial charge in [-0.15, -0.1) is 0 Å². The molecular formula is C16H14ClN3O4. The molecule has 0 N–H and O–H groups in total. The third-order valence-corrected chi connectivity index (χ3v) is 4.01. The summed E-state index contributed by atoms with van der Waals surface area (Å²) in [6, 6.07) is 9.30. The molecule has 1 fully saturated rings. The highest BCUT2D eigenvalue weighted by Crippen LogP contribution is 2.26. The second-order valence-corrected chi connectivity index (χ2v) is 5.90. The summed E-state index contributed by atoms with van der Waals surface area (Å²) in [6.45, 7) is 2.63. The Morgan fingerprint density at radius 2 is 2.12 bits per heavy atom. The lowest BCUT2D eigenvalue weighted by Crippen LogP contribution is -2.56. The molecule has 24 heavy (non-hydrogen) atoms. The van der Waals surface area contributed by atoms with Gasteiger partial charge in [-0.1, -0.05) is 17.7 Å². The van der Waals surface area contributed by atoms with Gasteiger partial charge in [-0.3, -0.25) is 14.9 Å². The minimum Gasteiger partial charge on any atom is -0.471 e. The van der Waals surface area contributed by atoms with Crippen molar-refractivity contribution in [2.75, 3.05) is 13.1 Å². The minimum absolute atomic E-state index is 0.123. The smallest absolute Gasteiger partial charge is 0.270 e. The van der Waals surface area contributed by atoms with E-state index in [1.807, 2.05) is 19.1 Å². The number of likely N-dealkylation sites (tertiary alicyclic amines) is 1. The van der Waals surface area contributed by atoms with E-state index in [9.17, 15) is 14.9 Å². The number of non-ortho nitro benzene ring substituents is 1. The molecule has 2 heterocycles. The summed E-state index contributed by atoms with van der Waals surface area (Å²) in [4.78, 5) is 28.5. The normalized spacial score (nSPS) is 14.2. The maximum absolute atomic E-state index is 12.4. The van der Waals surface area contributed by atoms with E-state index < -0.39 is 4.92 Å². The second-order valence-electron chi connectivity index (χ2n) is 5.49. The Kier molecular flexibility index (Phi) is 4.35. The van der Waals surface area contributed by atoms with Crippen molar-refractivity contribution < 1.29 is 14.5 Å². The van der Waals surface area contributed by atoms with Gasteiger partial charge in [0.2, 0.25) is 5.88 Å². The van der Waals surface area contributed by atoms with Gasteiger partial charge in [0.25, 0.3) is 11.6 Å². The molecule has 7 nitrogen and oxygen atoms in total. The number of aryl methyl sites for hydroxylation is 1. The van der Waals surface area contributed by atoms with E-state index in [1.54, 1.807) is 6.07 Å². The van der Waals surface area contributed by atoms with Gasteiger partial charge in [0.05, 0.1) is 28.6 Å².